The van der Waals surface area contributed by atoms with Crippen molar-refractivity contribution in [2.24, 2.45) is 0 Å². The minimum absolute atomic E-state index is 0.0615. The van der Waals surface area contributed by atoms with Crippen LogP contribution in [0.3, 0.4) is 0 Å². The van der Waals surface area contributed by atoms with Gasteiger partial charge in [0.05, 0.1) is 18.5 Å². The lowest BCUT2D eigenvalue weighted by molar-refractivity contribution is -0.139. The van der Waals surface area contributed by atoms with E-state index < -0.39 is 25.1 Å². The first-order chi connectivity index (χ1) is 12.5. The summed E-state index contributed by atoms with van der Waals surface area (Å²) in [6, 6.07) is 9.54. The number of hydrogen-bond donors (Lipinski definition) is 3. The van der Waals surface area contributed by atoms with E-state index in [1.807, 2.05) is 30.3 Å². The van der Waals surface area contributed by atoms with Gasteiger partial charge in [-0.1, -0.05) is 30.3 Å². The molecule has 3 N–H and O–H groups in total. The normalized spacial score (nSPS) is 20.0. The van der Waals surface area contributed by atoms with Crippen LogP contribution in [0, 0.1) is 0 Å². The monoisotopic (exact) mass is 357 g/mol. The Morgan fingerprint density at radius 2 is 2.08 bits per heavy atom. The number of nitrogens with one attached hydrogen (secondary N) is 1. The van der Waals surface area contributed by atoms with Crippen molar-refractivity contribution in [2.75, 3.05) is 0 Å². The summed E-state index contributed by atoms with van der Waals surface area (Å²) in [6.45, 7) is 0.0615. The summed E-state index contributed by atoms with van der Waals surface area (Å²) in [7, 11) is -1.21. The first kappa shape index (κ1) is 18.2. The van der Waals surface area contributed by atoms with E-state index in [4.69, 9.17) is 9.76 Å². The molecule has 2 unspecified atom stereocenters. The first-order valence-corrected chi connectivity index (χ1v) is 8.44. The average molecular weight is 357 g/mol. The van der Waals surface area contributed by atoms with Crippen LogP contribution in [0.4, 0.5) is 0 Å². The fourth-order valence-electron chi connectivity index (χ4n) is 3.05. The zero-order valence-corrected chi connectivity index (χ0v) is 14.1. The molecule has 0 spiro atoms. The predicted molar refractivity (Wildman–Crippen MR) is 93.9 cm³/mol. The average Bonchev–Trinajstić information content (AvgIpc) is 3.05. The number of amides is 1. The molecule has 1 aliphatic heterocycles. The number of imidazole rings is 1. The lowest BCUT2D eigenvalue weighted by atomic mass is 9.72. The van der Waals surface area contributed by atoms with Gasteiger partial charge in [0.2, 0.25) is 5.91 Å². The highest BCUT2D eigenvalue weighted by atomic mass is 16.5. The van der Waals surface area contributed by atoms with Crippen molar-refractivity contribution in [1.82, 2.24) is 14.9 Å². The van der Waals surface area contributed by atoms with Gasteiger partial charge in [0, 0.05) is 18.0 Å². The van der Waals surface area contributed by atoms with Crippen LogP contribution in [-0.2, 0) is 20.8 Å². The fraction of sp³-hybridized carbons (Fsp3) is 0.353. The van der Waals surface area contributed by atoms with Crippen LogP contribution in [0.25, 0.3) is 11.4 Å². The Morgan fingerprint density at radius 1 is 1.31 bits per heavy atom. The van der Waals surface area contributed by atoms with E-state index in [2.05, 4.69) is 10.3 Å². The highest BCUT2D eigenvalue weighted by Gasteiger charge is 2.36. The molecular formula is C17H20BN3O5. The van der Waals surface area contributed by atoms with Gasteiger partial charge in [0.15, 0.2) is 0 Å². The lowest BCUT2D eigenvalue weighted by Gasteiger charge is -2.30. The second-order valence-electron chi connectivity index (χ2n) is 6.24. The number of carbonyl (C=O) groups is 2. The van der Waals surface area contributed by atoms with Gasteiger partial charge in [0.1, 0.15) is 12.4 Å². The van der Waals surface area contributed by atoms with Crippen molar-refractivity contribution >= 4 is 19.0 Å². The van der Waals surface area contributed by atoms with Crippen molar-refractivity contribution in [3.8, 4) is 11.4 Å². The number of aromatic nitrogens is 2. The number of hydrogen-bond acceptors (Lipinski definition) is 5. The third kappa shape index (κ3) is 4.50. The van der Waals surface area contributed by atoms with Gasteiger partial charge >= 0.3 is 13.1 Å². The van der Waals surface area contributed by atoms with Crippen LogP contribution in [-0.4, -0.2) is 50.7 Å². The molecule has 1 fully saturated rings. The standard InChI is InChI=1S/C17H20BN3O5/c22-15(20-14-7-6-13(10-16(23)24)26-18(14)25)11-21-9-8-19-17(21)12-4-2-1-3-5-12/h1-5,8-9,13-14,25H,6-7,10-11H2,(H,20,22)(H,23,24). The smallest absolute Gasteiger partial charge is 0.478 e. The molecule has 26 heavy (non-hydrogen) atoms. The molecule has 1 saturated heterocycles. The predicted octanol–water partition coefficient (Wildman–Crippen LogP) is 0.708. The van der Waals surface area contributed by atoms with Crippen molar-refractivity contribution in [3.05, 3.63) is 42.7 Å². The molecule has 3 rings (SSSR count). The molecule has 1 aromatic carbocycles. The minimum Gasteiger partial charge on any atom is -0.481 e. The molecule has 2 atom stereocenters. The van der Waals surface area contributed by atoms with E-state index in [0.29, 0.717) is 18.7 Å². The first-order valence-electron chi connectivity index (χ1n) is 8.44. The van der Waals surface area contributed by atoms with Gasteiger partial charge in [-0.2, -0.15) is 0 Å². The van der Waals surface area contributed by atoms with Crippen LogP contribution in [0.2, 0.25) is 0 Å². The molecular weight excluding hydrogens is 337 g/mol. The molecule has 9 heteroatoms. The van der Waals surface area contributed by atoms with E-state index in [1.165, 1.54) is 0 Å². The van der Waals surface area contributed by atoms with E-state index in [1.54, 1.807) is 17.0 Å². The summed E-state index contributed by atoms with van der Waals surface area (Å²) in [5.41, 5.74) is 0.905. The van der Waals surface area contributed by atoms with Gasteiger partial charge in [-0.25, -0.2) is 4.98 Å². The maximum Gasteiger partial charge on any atom is 0.478 e. The van der Waals surface area contributed by atoms with Crippen LogP contribution >= 0.6 is 0 Å². The number of aliphatic carboxylic acids is 1. The maximum absolute atomic E-state index is 12.3. The van der Waals surface area contributed by atoms with Gasteiger partial charge in [-0.05, 0) is 12.8 Å². The second kappa shape index (κ2) is 8.16. The molecule has 0 radical (unpaired) electrons. The third-order valence-electron chi connectivity index (χ3n) is 4.29. The van der Waals surface area contributed by atoms with Crippen molar-refractivity contribution < 1.29 is 24.4 Å². The summed E-state index contributed by atoms with van der Waals surface area (Å²) < 4.78 is 7.01. The number of benzene rings is 1. The minimum atomic E-state index is -1.21. The molecule has 1 aromatic heterocycles. The van der Waals surface area contributed by atoms with Crippen molar-refractivity contribution in [3.63, 3.8) is 0 Å². The number of nitrogens with zero attached hydrogens (tertiary/aromatic N) is 2. The molecule has 8 nitrogen and oxygen atoms in total. The van der Waals surface area contributed by atoms with Gasteiger partial charge in [0.25, 0.3) is 0 Å². The Balaban J connectivity index is 1.57. The van der Waals surface area contributed by atoms with Crippen LogP contribution in [0.1, 0.15) is 19.3 Å². The SMILES string of the molecule is O=C(O)CC1CCC(NC(=O)Cn2ccnc2-c2ccccc2)B(O)O1. The number of carboxylic acid groups (broad SMARTS) is 1. The van der Waals surface area contributed by atoms with Crippen LogP contribution in [0.5, 0.6) is 0 Å². The van der Waals surface area contributed by atoms with Crippen LogP contribution in [0.15, 0.2) is 42.7 Å². The second-order valence-corrected chi connectivity index (χ2v) is 6.24. The highest BCUT2D eigenvalue weighted by Crippen LogP contribution is 2.19. The van der Waals surface area contributed by atoms with Crippen molar-refractivity contribution in [1.29, 1.82) is 0 Å². The Hall–Kier alpha value is -2.65. The van der Waals surface area contributed by atoms with Gasteiger partial charge < -0.3 is 24.7 Å². The zero-order valence-electron chi connectivity index (χ0n) is 14.1. The summed E-state index contributed by atoms with van der Waals surface area (Å²) in [4.78, 5) is 27.4. The Labute approximate surface area is 151 Å². The van der Waals surface area contributed by atoms with E-state index in [9.17, 15) is 14.6 Å². The quantitative estimate of drug-likeness (QED) is 0.656. The van der Waals surface area contributed by atoms with E-state index in [0.717, 1.165) is 5.56 Å². The maximum atomic E-state index is 12.3. The molecule has 136 valence electrons. The Kier molecular flexibility index (Phi) is 5.70. The third-order valence-corrected chi connectivity index (χ3v) is 4.29. The van der Waals surface area contributed by atoms with Crippen molar-refractivity contribution in [2.45, 2.75) is 37.9 Å². The molecule has 2 heterocycles. The van der Waals surface area contributed by atoms with Gasteiger partial charge in [-0.3, -0.25) is 9.59 Å². The van der Waals surface area contributed by atoms with E-state index in [-0.39, 0.29) is 18.9 Å². The summed E-state index contributed by atoms with van der Waals surface area (Å²) in [6.07, 6.45) is 3.58. The molecule has 1 amide bonds. The highest BCUT2D eigenvalue weighted by molar-refractivity contribution is 6.45. The Bertz CT molecular complexity index is 767. The molecule has 0 bridgehead atoms. The molecule has 2 aromatic rings. The largest absolute Gasteiger partial charge is 0.481 e. The Morgan fingerprint density at radius 3 is 2.77 bits per heavy atom. The number of carbonyl (C=O) groups excluding carboxylic acids is 1. The lowest BCUT2D eigenvalue weighted by Crippen LogP contribution is -2.53. The fourth-order valence-corrected chi connectivity index (χ4v) is 3.05. The molecule has 1 aliphatic rings. The topological polar surface area (TPSA) is 114 Å². The van der Waals surface area contributed by atoms with Crippen LogP contribution < -0.4 is 5.32 Å². The summed E-state index contributed by atoms with van der Waals surface area (Å²) in [5.74, 6) is -1.12. The molecule has 0 aliphatic carbocycles. The van der Waals surface area contributed by atoms with Gasteiger partial charge in [-0.15, -0.1) is 0 Å². The summed E-state index contributed by atoms with van der Waals surface area (Å²) >= 11 is 0. The van der Waals surface area contributed by atoms with E-state index >= 15 is 0 Å². The number of carboxylic acids is 1. The summed E-state index contributed by atoms with van der Waals surface area (Å²) in [5, 5.41) is 21.5. The molecule has 0 saturated carbocycles. The zero-order chi connectivity index (χ0) is 18.5. The number of rotatable bonds is 6.